The van der Waals surface area contributed by atoms with Gasteiger partial charge in [0, 0.05) is 18.1 Å². The molecule has 1 rings (SSSR count). The number of rotatable bonds is 7. The number of nitro groups is 1. The third kappa shape index (κ3) is 4.59. The maximum atomic E-state index is 11.8. The van der Waals surface area contributed by atoms with Crippen LogP contribution in [0.3, 0.4) is 0 Å². The summed E-state index contributed by atoms with van der Waals surface area (Å²) in [5.41, 5.74) is -0.299. The van der Waals surface area contributed by atoms with Gasteiger partial charge >= 0.3 is 11.7 Å². The minimum atomic E-state index is -1.12. The number of aliphatic carboxylic acids is 1. The Morgan fingerprint density at radius 1 is 1.50 bits per heavy atom. The van der Waals surface area contributed by atoms with Gasteiger partial charge in [0.15, 0.2) is 5.75 Å². The summed E-state index contributed by atoms with van der Waals surface area (Å²) < 4.78 is 5.22. The molecule has 0 aromatic heterocycles. The molecule has 1 N–H and O–H groups in total. The number of hydrogen-bond donors (Lipinski definition) is 1. The topological polar surface area (TPSA) is 110 Å². The van der Waals surface area contributed by atoms with E-state index < -0.39 is 22.8 Å². The number of nitrogens with zero attached hydrogens (tertiary/aromatic N) is 2. The van der Waals surface area contributed by atoms with E-state index in [0.29, 0.717) is 0 Å². The Balaban J connectivity index is 2.63. The SMILES string of the molecule is CC(C(=O)O)N(C)C(=O)CCOc1ccc(Cl)cc1[N+](=O)[O-]. The molecule has 0 aliphatic heterocycles. The van der Waals surface area contributed by atoms with Gasteiger partial charge in [-0.3, -0.25) is 14.9 Å². The number of nitro benzene ring substituents is 1. The van der Waals surface area contributed by atoms with Gasteiger partial charge < -0.3 is 14.7 Å². The van der Waals surface area contributed by atoms with Crippen molar-refractivity contribution in [2.45, 2.75) is 19.4 Å². The van der Waals surface area contributed by atoms with Crippen molar-refractivity contribution in [1.29, 1.82) is 0 Å². The van der Waals surface area contributed by atoms with Crippen LogP contribution in [-0.4, -0.2) is 46.5 Å². The number of likely N-dealkylation sites (N-methyl/N-ethyl adjacent to an activating group) is 1. The number of ether oxygens (including phenoxy) is 1. The molecule has 0 aliphatic carbocycles. The lowest BCUT2D eigenvalue weighted by Gasteiger charge is -2.21. The van der Waals surface area contributed by atoms with Gasteiger partial charge in [-0.05, 0) is 19.1 Å². The van der Waals surface area contributed by atoms with E-state index in [9.17, 15) is 19.7 Å². The van der Waals surface area contributed by atoms with E-state index in [-0.39, 0.29) is 29.5 Å². The summed E-state index contributed by atoms with van der Waals surface area (Å²) in [6, 6.07) is 2.97. The molecule has 0 spiro atoms. The van der Waals surface area contributed by atoms with E-state index >= 15 is 0 Å². The van der Waals surface area contributed by atoms with Crippen LogP contribution in [0.15, 0.2) is 18.2 Å². The Bertz CT molecular complexity index is 592. The fraction of sp³-hybridized carbons (Fsp3) is 0.385. The van der Waals surface area contributed by atoms with E-state index in [1.165, 1.54) is 26.1 Å². The Hall–Kier alpha value is -2.35. The molecule has 1 aromatic rings. The predicted octanol–water partition coefficient (Wildman–Crippen LogP) is 1.95. The number of halogens is 1. The van der Waals surface area contributed by atoms with E-state index in [2.05, 4.69) is 0 Å². The molecule has 22 heavy (non-hydrogen) atoms. The van der Waals surface area contributed by atoms with Crippen LogP contribution in [0.2, 0.25) is 5.02 Å². The van der Waals surface area contributed by atoms with Gasteiger partial charge in [-0.2, -0.15) is 0 Å². The summed E-state index contributed by atoms with van der Waals surface area (Å²) in [4.78, 5) is 33.9. The zero-order valence-electron chi connectivity index (χ0n) is 12.0. The summed E-state index contributed by atoms with van der Waals surface area (Å²) in [6.45, 7) is 1.27. The molecular weight excluding hydrogens is 316 g/mol. The van der Waals surface area contributed by atoms with Crippen molar-refractivity contribution in [3.8, 4) is 5.75 Å². The molecule has 0 radical (unpaired) electrons. The number of carbonyl (C=O) groups is 2. The van der Waals surface area contributed by atoms with Crippen LogP contribution in [0.4, 0.5) is 5.69 Å². The highest BCUT2D eigenvalue weighted by atomic mass is 35.5. The van der Waals surface area contributed by atoms with Crippen LogP contribution >= 0.6 is 11.6 Å². The number of amides is 1. The van der Waals surface area contributed by atoms with Crippen LogP contribution in [-0.2, 0) is 9.59 Å². The molecule has 120 valence electrons. The maximum Gasteiger partial charge on any atom is 0.326 e. The lowest BCUT2D eigenvalue weighted by Crippen LogP contribution is -2.40. The van der Waals surface area contributed by atoms with Gasteiger partial charge in [0.1, 0.15) is 6.04 Å². The van der Waals surface area contributed by atoms with Gasteiger partial charge in [0.25, 0.3) is 0 Å². The lowest BCUT2D eigenvalue weighted by molar-refractivity contribution is -0.385. The standard InChI is InChI=1S/C13H15ClN2O6/c1-8(13(18)19)15(2)12(17)5-6-22-11-4-3-9(14)7-10(11)16(20)21/h3-4,7-8H,5-6H2,1-2H3,(H,18,19). The quantitative estimate of drug-likeness (QED) is 0.604. The number of carbonyl (C=O) groups excluding carboxylic acids is 1. The molecule has 0 heterocycles. The van der Waals surface area contributed by atoms with Crippen molar-refractivity contribution in [2.75, 3.05) is 13.7 Å². The molecule has 0 aliphatic rings. The van der Waals surface area contributed by atoms with Crippen LogP contribution in [0.25, 0.3) is 0 Å². The number of hydrogen-bond acceptors (Lipinski definition) is 5. The van der Waals surface area contributed by atoms with E-state index in [1.54, 1.807) is 0 Å². The molecule has 1 aromatic carbocycles. The molecular formula is C13H15ClN2O6. The summed E-state index contributed by atoms with van der Waals surface area (Å²) in [6.07, 6.45) is -0.103. The van der Waals surface area contributed by atoms with Crippen LogP contribution in [0.5, 0.6) is 5.75 Å². The van der Waals surface area contributed by atoms with Crippen molar-refractivity contribution >= 4 is 29.2 Å². The molecule has 1 unspecified atom stereocenters. The first-order chi connectivity index (χ1) is 10.2. The Labute approximate surface area is 131 Å². The predicted molar refractivity (Wildman–Crippen MR) is 78.1 cm³/mol. The molecule has 0 bridgehead atoms. The Morgan fingerprint density at radius 3 is 2.68 bits per heavy atom. The first kappa shape index (κ1) is 17.7. The normalized spacial score (nSPS) is 11.6. The summed E-state index contributed by atoms with van der Waals surface area (Å²) in [7, 11) is 1.37. The second-order valence-corrected chi connectivity index (χ2v) is 4.92. The third-order valence-corrected chi connectivity index (χ3v) is 3.26. The highest BCUT2D eigenvalue weighted by Crippen LogP contribution is 2.29. The van der Waals surface area contributed by atoms with Gasteiger partial charge in [-0.1, -0.05) is 11.6 Å². The second-order valence-electron chi connectivity index (χ2n) is 4.49. The zero-order valence-corrected chi connectivity index (χ0v) is 12.7. The van der Waals surface area contributed by atoms with Gasteiger partial charge in [0.2, 0.25) is 5.91 Å². The highest BCUT2D eigenvalue weighted by Gasteiger charge is 2.22. The van der Waals surface area contributed by atoms with E-state index in [0.717, 1.165) is 11.0 Å². The Kier molecular flexibility index (Phi) is 6.11. The summed E-state index contributed by atoms with van der Waals surface area (Å²) >= 11 is 5.68. The van der Waals surface area contributed by atoms with Crippen LogP contribution in [0, 0.1) is 10.1 Å². The van der Waals surface area contributed by atoms with E-state index in [1.807, 2.05) is 0 Å². The van der Waals surface area contributed by atoms with Crippen molar-refractivity contribution < 1.29 is 24.4 Å². The molecule has 0 saturated carbocycles. The molecule has 0 saturated heterocycles. The minimum absolute atomic E-state index is 0.00358. The lowest BCUT2D eigenvalue weighted by atomic mass is 10.2. The smallest absolute Gasteiger partial charge is 0.326 e. The Morgan fingerprint density at radius 2 is 2.14 bits per heavy atom. The molecule has 9 heteroatoms. The minimum Gasteiger partial charge on any atom is -0.486 e. The van der Waals surface area contributed by atoms with Crippen molar-refractivity contribution in [3.05, 3.63) is 33.3 Å². The molecule has 0 fully saturated rings. The maximum absolute atomic E-state index is 11.8. The number of benzene rings is 1. The van der Waals surface area contributed by atoms with Crippen LogP contribution < -0.4 is 4.74 Å². The third-order valence-electron chi connectivity index (χ3n) is 3.02. The van der Waals surface area contributed by atoms with Gasteiger partial charge in [-0.15, -0.1) is 0 Å². The average Bonchev–Trinajstić information content (AvgIpc) is 2.46. The van der Waals surface area contributed by atoms with Crippen molar-refractivity contribution in [3.63, 3.8) is 0 Å². The van der Waals surface area contributed by atoms with Crippen molar-refractivity contribution in [2.24, 2.45) is 0 Å². The van der Waals surface area contributed by atoms with Crippen molar-refractivity contribution in [1.82, 2.24) is 4.90 Å². The monoisotopic (exact) mass is 330 g/mol. The molecule has 8 nitrogen and oxygen atoms in total. The first-order valence-corrected chi connectivity index (χ1v) is 6.67. The summed E-state index contributed by atoms with van der Waals surface area (Å²) in [5.74, 6) is -1.56. The molecule has 1 amide bonds. The fourth-order valence-corrected chi connectivity index (χ4v) is 1.73. The van der Waals surface area contributed by atoms with Gasteiger partial charge in [-0.25, -0.2) is 4.79 Å². The number of carboxylic acids is 1. The summed E-state index contributed by atoms with van der Waals surface area (Å²) in [5, 5.41) is 19.9. The molecule has 1 atom stereocenters. The zero-order chi connectivity index (χ0) is 16.9. The largest absolute Gasteiger partial charge is 0.486 e. The number of carboxylic acid groups (broad SMARTS) is 1. The second kappa shape index (κ2) is 7.60. The highest BCUT2D eigenvalue weighted by molar-refractivity contribution is 6.30. The first-order valence-electron chi connectivity index (χ1n) is 6.29. The fourth-order valence-electron chi connectivity index (χ4n) is 1.56. The van der Waals surface area contributed by atoms with Gasteiger partial charge in [0.05, 0.1) is 18.0 Å². The average molecular weight is 331 g/mol. The van der Waals surface area contributed by atoms with E-state index in [4.69, 9.17) is 21.4 Å². The van der Waals surface area contributed by atoms with Crippen LogP contribution in [0.1, 0.15) is 13.3 Å².